The van der Waals surface area contributed by atoms with Crippen LogP contribution in [0.2, 0.25) is 0 Å². The van der Waals surface area contributed by atoms with Gasteiger partial charge in [-0.25, -0.2) is 0 Å². The van der Waals surface area contributed by atoms with Crippen LogP contribution < -0.4 is 10.5 Å². The number of rotatable bonds is 14. The van der Waals surface area contributed by atoms with E-state index in [1.807, 2.05) is 20.8 Å². The quantitative estimate of drug-likeness (QED) is 0.140. The van der Waals surface area contributed by atoms with Gasteiger partial charge in [0.1, 0.15) is 12.0 Å². The zero-order chi connectivity index (χ0) is 31.8. The maximum absolute atomic E-state index is 11.1. The van der Waals surface area contributed by atoms with Gasteiger partial charge in [0.05, 0.1) is 13.2 Å². The molecule has 0 saturated carbocycles. The van der Waals surface area contributed by atoms with E-state index in [1.165, 1.54) is 49.1 Å². The fraction of sp³-hybridized carbons (Fsp3) is 0.657. The SMILES string of the molecule is C/C=C\C=C(/C)CCC1CC(c2ccc3c(c2)CCO3)CN1CC=O.CC.CC(=O)O.CCCCN(C)CCCCN. The monoisotopic (exact) mass is 587 g/mol. The maximum atomic E-state index is 11.1. The van der Waals surface area contributed by atoms with Gasteiger partial charge in [0.15, 0.2) is 0 Å². The minimum absolute atomic E-state index is 0.494. The van der Waals surface area contributed by atoms with Gasteiger partial charge in [0, 0.05) is 25.9 Å². The van der Waals surface area contributed by atoms with Gasteiger partial charge >= 0.3 is 0 Å². The second-order valence-electron chi connectivity index (χ2n) is 10.9. The van der Waals surface area contributed by atoms with Crippen molar-refractivity contribution in [2.75, 3.05) is 46.4 Å². The first kappa shape index (κ1) is 39.5. The van der Waals surface area contributed by atoms with Crippen molar-refractivity contribution in [3.63, 3.8) is 0 Å². The van der Waals surface area contributed by atoms with E-state index in [1.54, 1.807) is 0 Å². The third-order valence-corrected chi connectivity index (χ3v) is 7.35. The summed E-state index contributed by atoms with van der Waals surface area (Å²) in [6.45, 7) is 17.2. The molecule has 7 nitrogen and oxygen atoms in total. The van der Waals surface area contributed by atoms with Gasteiger partial charge in [-0.15, -0.1) is 0 Å². The van der Waals surface area contributed by atoms with Crippen molar-refractivity contribution < 1.29 is 19.4 Å². The lowest BCUT2D eigenvalue weighted by molar-refractivity contribution is -0.134. The average Bonchev–Trinajstić information content (AvgIpc) is 3.62. The number of aliphatic carboxylic acids is 1. The molecule has 1 fully saturated rings. The Labute approximate surface area is 257 Å². The molecule has 1 aromatic carbocycles. The standard InChI is InChI=1S/C22H29NO2.C9H22N2.C2H4O2.C2H6/c1-3-4-5-17(2)6-8-21-15-20(16-23(21)11-12-24)18-7-9-22-19(14-18)10-13-25-22;1-3-4-8-11(2)9-6-5-7-10;1-2(3)4;1-2/h3-5,7,9,12,14,20-21H,6,8,10-11,13,15-16H2,1-2H3;3-10H2,1-2H3;1H3,(H,3,4);1-2H3/b4-3-,17-5+;;;. The van der Waals surface area contributed by atoms with Crippen molar-refractivity contribution in [1.29, 1.82) is 0 Å². The Kier molecular flexibility index (Phi) is 23.6. The van der Waals surface area contributed by atoms with E-state index in [9.17, 15) is 4.79 Å². The predicted octanol–water partition coefficient (Wildman–Crippen LogP) is 6.86. The van der Waals surface area contributed by atoms with E-state index in [-0.39, 0.29) is 0 Å². The fourth-order valence-electron chi connectivity index (χ4n) is 5.11. The van der Waals surface area contributed by atoms with Gasteiger partial charge in [0.2, 0.25) is 0 Å². The molecule has 7 heteroatoms. The van der Waals surface area contributed by atoms with E-state index in [0.717, 1.165) is 70.8 Å². The number of ether oxygens (including phenoxy) is 1. The highest BCUT2D eigenvalue weighted by molar-refractivity contribution is 5.63. The number of carboxylic acids is 1. The van der Waals surface area contributed by atoms with Gasteiger partial charge in [-0.2, -0.15) is 0 Å². The molecule has 2 atom stereocenters. The summed E-state index contributed by atoms with van der Waals surface area (Å²) in [4.78, 5) is 24.9. The smallest absolute Gasteiger partial charge is 0.300 e. The van der Waals surface area contributed by atoms with Crippen LogP contribution in [-0.2, 0) is 16.0 Å². The molecule has 0 radical (unpaired) electrons. The lowest BCUT2D eigenvalue weighted by Gasteiger charge is -2.21. The van der Waals surface area contributed by atoms with Crippen molar-refractivity contribution in [1.82, 2.24) is 9.80 Å². The van der Waals surface area contributed by atoms with Gasteiger partial charge in [-0.1, -0.05) is 63.1 Å². The van der Waals surface area contributed by atoms with Crippen molar-refractivity contribution >= 4 is 12.3 Å². The molecular weight excluding hydrogens is 526 g/mol. The van der Waals surface area contributed by atoms with Crippen LogP contribution in [0.25, 0.3) is 0 Å². The summed E-state index contributed by atoms with van der Waals surface area (Å²) in [5, 5.41) is 7.42. The van der Waals surface area contributed by atoms with Gasteiger partial charge in [0.25, 0.3) is 5.97 Å². The van der Waals surface area contributed by atoms with Crippen LogP contribution in [0.3, 0.4) is 0 Å². The molecule has 0 aliphatic carbocycles. The molecule has 2 unspecified atom stereocenters. The molecule has 42 heavy (non-hydrogen) atoms. The Morgan fingerprint density at radius 3 is 2.50 bits per heavy atom. The molecule has 1 saturated heterocycles. The first-order valence-electron chi connectivity index (χ1n) is 16.0. The number of hydrogen-bond acceptors (Lipinski definition) is 6. The number of nitrogens with zero attached hydrogens (tertiary/aromatic N) is 2. The summed E-state index contributed by atoms with van der Waals surface area (Å²) in [7, 11) is 2.19. The number of unbranched alkanes of at least 4 members (excludes halogenated alkanes) is 2. The Hall–Kier alpha value is -2.48. The third kappa shape index (κ3) is 17.5. The molecule has 3 rings (SSSR count). The highest BCUT2D eigenvalue weighted by atomic mass is 16.5. The van der Waals surface area contributed by atoms with Crippen molar-refractivity contribution in [3.05, 3.63) is 53.1 Å². The van der Waals surface area contributed by atoms with Crippen molar-refractivity contribution in [3.8, 4) is 5.75 Å². The zero-order valence-corrected chi connectivity index (χ0v) is 27.7. The first-order chi connectivity index (χ1) is 20.2. The van der Waals surface area contributed by atoms with Crippen LogP contribution in [0.4, 0.5) is 0 Å². The Bertz CT molecular complexity index is 911. The molecule has 3 N–H and O–H groups in total. The minimum Gasteiger partial charge on any atom is -0.493 e. The van der Waals surface area contributed by atoms with Crippen LogP contribution in [0.5, 0.6) is 5.75 Å². The molecule has 0 amide bonds. The van der Waals surface area contributed by atoms with Gasteiger partial charge < -0.3 is 25.3 Å². The van der Waals surface area contributed by atoms with Crippen LogP contribution >= 0.6 is 0 Å². The molecule has 0 spiro atoms. The topological polar surface area (TPSA) is 96.1 Å². The number of carboxylic acid groups (broad SMARTS) is 1. The van der Waals surface area contributed by atoms with E-state index in [4.69, 9.17) is 20.4 Å². The number of aldehydes is 1. The number of likely N-dealkylation sites (tertiary alicyclic amines) is 1. The number of fused-ring (bicyclic) bond motifs is 1. The number of carbonyl (C=O) groups is 2. The molecule has 2 aliphatic rings. The second kappa shape index (κ2) is 25.1. The molecule has 1 aromatic rings. The molecule has 240 valence electrons. The molecule has 2 heterocycles. The highest BCUT2D eigenvalue weighted by Gasteiger charge is 2.32. The summed E-state index contributed by atoms with van der Waals surface area (Å²) in [6, 6.07) is 7.16. The summed E-state index contributed by atoms with van der Waals surface area (Å²) in [6.07, 6.45) is 16.8. The number of benzene rings is 1. The number of allylic oxidation sites excluding steroid dienone is 4. The number of carbonyl (C=O) groups excluding carboxylic acids is 1. The Balaban J connectivity index is 0.000000826. The largest absolute Gasteiger partial charge is 0.493 e. The van der Waals surface area contributed by atoms with Crippen molar-refractivity contribution in [2.45, 2.75) is 105 Å². The third-order valence-electron chi connectivity index (χ3n) is 7.35. The lowest BCUT2D eigenvalue weighted by atomic mass is 9.93. The average molecular weight is 588 g/mol. The normalized spacial score (nSPS) is 17.8. The zero-order valence-electron chi connectivity index (χ0n) is 27.7. The Morgan fingerprint density at radius 1 is 1.19 bits per heavy atom. The second-order valence-corrected chi connectivity index (χ2v) is 10.9. The molecule has 2 aliphatic heterocycles. The van der Waals surface area contributed by atoms with E-state index < -0.39 is 5.97 Å². The van der Waals surface area contributed by atoms with E-state index in [0.29, 0.717) is 18.5 Å². The summed E-state index contributed by atoms with van der Waals surface area (Å²) in [5.74, 6) is 0.739. The van der Waals surface area contributed by atoms with E-state index in [2.05, 4.69) is 67.1 Å². The predicted molar refractivity (Wildman–Crippen MR) is 178 cm³/mol. The number of hydrogen-bond donors (Lipinski definition) is 2. The lowest BCUT2D eigenvalue weighted by Crippen LogP contribution is -2.31. The molecule has 0 bridgehead atoms. The molecule has 0 aromatic heterocycles. The van der Waals surface area contributed by atoms with Crippen LogP contribution in [0.1, 0.15) is 104 Å². The van der Waals surface area contributed by atoms with Crippen molar-refractivity contribution in [2.24, 2.45) is 5.73 Å². The van der Waals surface area contributed by atoms with Gasteiger partial charge in [-0.3, -0.25) is 9.69 Å². The fourth-order valence-corrected chi connectivity index (χ4v) is 5.11. The van der Waals surface area contributed by atoms with E-state index >= 15 is 0 Å². The first-order valence-corrected chi connectivity index (χ1v) is 16.0. The number of nitrogens with two attached hydrogens (primary N) is 1. The van der Waals surface area contributed by atoms with Crippen LogP contribution in [-0.4, -0.2) is 79.6 Å². The van der Waals surface area contributed by atoms with Crippen LogP contribution in [0, 0.1) is 0 Å². The minimum atomic E-state index is -0.833. The summed E-state index contributed by atoms with van der Waals surface area (Å²) in [5.41, 5.74) is 9.55. The highest BCUT2D eigenvalue weighted by Crippen LogP contribution is 2.36. The maximum Gasteiger partial charge on any atom is 0.300 e. The summed E-state index contributed by atoms with van der Waals surface area (Å²) < 4.78 is 5.63. The van der Waals surface area contributed by atoms with Crippen LogP contribution in [0.15, 0.2) is 42.0 Å². The van der Waals surface area contributed by atoms with Gasteiger partial charge in [-0.05, 0) is 102 Å². The Morgan fingerprint density at radius 2 is 1.88 bits per heavy atom. The molecular formula is C35H61N3O4. The summed E-state index contributed by atoms with van der Waals surface area (Å²) >= 11 is 0.